The number of rotatable bonds is 11. The molecule has 0 unspecified atom stereocenters. The highest BCUT2D eigenvalue weighted by Gasteiger charge is 2.35. The Morgan fingerprint density at radius 1 is 1.07 bits per heavy atom. The third-order valence-electron chi connectivity index (χ3n) is 5.44. The number of ether oxygens (including phenoxy) is 1. The van der Waals surface area contributed by atoms with E-state index in [1.165, 1.54) is 36.4 Å². The fourth-order valence-electron chi connectivity index (χ4n) is 3.69. The third-order valence-corrected chi connectivity index (χ3v) is 6.68. The topological polar surface area (TPSA) is 152 Å². The molecule has 0 fully saturated rings. The van der Waals surface area contributed by atoms with E-state index < -0.39 is 45.8 Å². The molecule has 4 aromatic rings. The van der Waals surface area contributed by atoms with Crippen molar-refractivity contribution in [1.82, 2.24) is 15.2 Å². The molecule has 0 saturated carbocycles. The minimum atomic E-state index is -5.03. The maximum absolute atomic E-state index is 13.3. The Morgan fingerprint density at radius 3 is 2.43 bits per heavy atom. The smallest absolute Gasteiger partial charge is 0.404 e. The number of carbonyl (C=O) groups excluding carboxylic acids is 1. The Hall–Kier alpha value is -4.80. The highest BCUT2D eigenvalue weighted by Crippen LogP contribution is 2.35. The van der Waals surface area contributed by atoms with E-state index in [-0.39, 0.29) is 46.5 Å². The van der Waals surface area contributed by atoms with Crippen LogP contribution in [-0.2, 0) is 16.6 Å². The summed E-state index contributed by atoms with van der Waals surface area (Å²) in [7, 11) is -4.91. The summed E-state index contributed by atoms with van der Waals surface area (Å²) in [4.78, 5) is 16.1. The largest absolute Gasteiger partial charge is 0.487 e. The first-order valence-electron chi connectivity index (χ1n) is 11.7. The molecule has 0 bridgehead atoms. The van der Waals surface area contributed by atoms with Crippen LogP contribution < -0.4 is 20.5 Å². The van der Waals surface area contributed by atoms with Crippen LogP contribution in [0.5, 0.6) is 5.75 Å². The SMILES string of the molecule is NC(=O)c1c(-c2ccc(NS(=O)(=O)CC(F)(F)F)c(OCc3ccc(F)cc3)c2)n[nH]c1Nc1cccc(C(F)F)n1. The van der Waals surface area contributed by atoms with Gasteiger partial charge < -0.3 is 15.8 Å². The number of pyridine rings is 1. The molecule has 0 atom stereocenters. The van der Waals surface area contributed by atoms with Gasteiger partial charge in [0.2, 0.25) is 10.0 Å². The predicted molar refractivity (Wildman–Crippen MR) is 139 cm³/mol. The van der Waals surface area contributed by atoms with E-state index in [2.05, 4.69) is 20.5 Å². The quantitative estimate of drug-likeness (QED) is 0.168. The average Bonchev–Trinajstić information content (AvgIpc) is 3.31. The van der Waals surface area contributed by atoms with Gasteiger partial charge in [-0.15, -0.1) is 0 Å². The molecule has 222 valence electrons. The fourth-order valence-corrected chi connectivity index (χ4v) is 4.69. The Morgan fingerprint density at radius 2 is 1.79 bits per heavy atom. The number of aromatic amines is 1. The second-order valence-corrected chi connectivity index (χ2v) is 10.4. The van der Waals surface area contributed by atoms with Crippen LogP contribution in [0, 0.1) is 5.82 Å². The van der Waals surface area contributed by atoms with Gasteiger partial charge in [-0.1, -0.05) is 24.3 Å². The van der Waals surface area contributed by atoms with Crippen LogP contribution in [0.15, 0.2) is 60.7 Å². The molecule has 0 spiro atoms. The number of alkyl halides is 5. The first kappa shape index (κ1) is 30.2. The number of hydrogen-bond donors (Lipinski definition) is 4. The zero-order valence-corrected chi connectivity index (χ0v) is 21.9. The fraction of sp³-hybridized carbons (Fsp3) is 0.160. The molecule has 2 heterocycles. The lowest BCUT2D eigenvalue weighted by Crippen LogP contribution is -2.28. The third kappa shape index (κ3) is 7.68. The maximum atomic E-state index is 13.3. The molecule has 0 aliphatic rings. The van der Waals surface area contributed by atoms with E-state index in [1.807, 2.05) is 4.72 Å². The number of nitrogens with one attached hydrogen (secondary N) is 3. The van der Waals surface area contributed by atoms with Crippen LogP contribution >= 0.6 is 0 Å². The zero-order chi connectivity index (χ0) is 30.7. The zero-order valence-electron chi connectivity index (χ0n) is 21.0. The Labute approximate surface area is 234 Å². The first-order valence-corrected chi connectivity index (χ1v) is 13.3. The standard InChI is InChI=1S/C25H20F6N6O4S/c26-15-7-4-13(5-8-15)11-41-18-10-14(6-9-16(18)37-42(39,40)12-25(29,30)31)21-20(23(32)38)24(36-35-21)34-19-3-1-2-17(33-19)22(27)28/h1-10,22,37H,11-12H2,(H2,32,38)(H2,33,34,35,36). The highest BCUT2D eigenvalue weighted by molar-refractivity contribution is 7.92. The van der Waals surface area contributed by atoms with Gasteiger partial charge in [0.1, 0.15) is 46.8 Å². The van der Waals surface area contributed by atoms with E-state index in [4.69, 9.17) is 10.5 Å². The van der Waals surface area contributed by atoms with Crippen molar-refractivity contribution in [3.05, 3.63) is 83.3 Å². The number of carbonyl (C=O) groups is 1. The summed E-state index contributed by atoms with van der Waals surface area (Å²) < 4.78 is 110. The Balaban J connectivity index is 1.71. The molecule has 0 aliphatic heterocycles. The van der Waals surface area contributed by atoms with Gasteiger partial charge in [0.05, 0.1) is 5.69 Å². The molecule has 4 rings (SSSR count). The van der Waals surface area contributed by atoms with Crippen molar-refractivity contribution in [3.63, 3.8) is 0 Å². The number of nitrogens with two attached hydrogens (primary N) is 1. The van der Waals surface area contributed by atoms with Gasteiger partial charge in [-0.2, -0.15) is 18.3 Å². The highest BCUT2D eigenvalue weighted by atomic mass is 32.2. The van der Waals surface area contributed by atoms with Crippen molar-refractivity contribution >= 4 is 33.3 Å². The lowest BCUT2D eigenvalue weighted by Gasteiger charge is -2.16. The number of nitrogens with zero attached hydrogens (tertiary/aromatic N) is 2. The summed E-state index contributed by atoms with van der Waals surface area (Å²) in [5.74, 6) is -4.14. The molecule has 17 heteroatoms. The summed E-state index contributed by atoms with van der Waals surface area (Å²) in [5, 5.41) is 9.19. The van der Waals surface area contributed by atoms with E-state index in [0.717, 1.165) is 24.3 Å². The van der Waals surface area contributed by atoms with Gasteiger partial charge in [0.15, 0.2) is 5.75 Å². The van der Waals surface area contributed by atoms with E-state index >= 15 is 0 Å². The lowest BCUT2D eigenvalue weighted by molar-refractivity contribution is -0.106. The van der Waals surface area contributed by atoms with Crippen molar-refractivity contribution in [1.29, 1.82) is 0 Å². The molecule has 0 radical (unpaired) electrons. The molecular weight excluding hydrogens is 594 g/mol. The number of aromatic nitrogens is 3. The van der Waals surface area contributed by atoms with Crippen molar-refractivity contribution in [2.45, 2.75) is 19.2 Å². The number of hydrogen-bond acceptors (Lipinski definition) is 7. The second kappa shape index (κ2) is 12.0. The van der Waals surface area contributed by atoms with Crippen molar-refractivity contribution in [2.24, 2.45) is 5.73 Å². The van der Waals surface area contributed by atoms with Crippen molar-refractivity contribution in [3.8, 4) is 17.0 Å². The summed E-state index contributed by atoms with van der Waals surface area (Å²) in [6, 6.07) is 12.3. The van der Waals surface area contributed by atoms with Crippen LogP contribution in [0.1, 0.15) is 28.0 Å². The summed E-state index contributed by atoms with van der Waals surface area (Å²) in [6.07, 6.45) is -7.89. The maximum Gasteiger partial charge on any atom is 0.404 e. The van der Waals surface area contributed by atoms with Gasteiger partial charge in [-0.25, -0.2) is 26.6 Å². The van der Waals surface area contributed by atoms with E-state index in [0.29, 0.717) is 5.56 Å². The second-order valence-electron chi connectivity index (χ2n) is 8.66. The van der Waals surface area contributed by atoms with Gasteiger partial charge >= 0.3 is 6.18 Å². The molecule has 2 aromatic heterocycles. The Bertz CT molecular complexity index is 1690. The number of amides is 1. The van der Waals surface area contributed by atoms with Gasteiger partial charge in [0, 0.05) is 5.56 Å². The van der Waals surface area contributed by atoms with Crippen molar-refractivity contribution in [2.75, 3.05) is 15.8 Å². The molecule has 0 aliphatic carbocycles. The number of anilines is 3. The average molecular weight is 615 g/mol. The molecular formula is C25H20F6N6O4S. The minimum absolute atomic E-state index is 0.0664. The molecule has 0 saturated heterocycles. The van der Waals surface area contributed by atoms with Gasteiger partial charge in [0.25, 0.3) is 12.3 Å². The number of halogens is 6. The first-order chi connectivity index (χ1) is 19.7. The summed E-state index contributed by atoms with van der Waals surface area (Å²) in [5.41, 5.74) is 4.86. The minimum Gasteiger partial charge on any atom is -0.487 e. The number of sulfonamides is 1. The monoisotopic (exact) mass is 614 g/mol. The number of primary amides is 1. The normalized spacial score (nSPS) is 11.9. The van der Waals surface area contributed by atoms with Gasteiger partial charge in [-0.05, 0) is 42.0 Å². The molecule has 10 nitrogen and oxygen atoms in total. The van der Waals surface area contributed by atoms with Crippen LogP contribution in [0.2, 0.25) is 0 Å². The molecule has 1 amide bonds. The number of benzene rings is 2. The van der Waals surface area contributed by atoms with Crippen molar-refractivity contribution < 1.29 is 44.3 Å². The van der Waals surface area contributed by atoms with Crippen LogP contribution in [0.25, 0.3) is 11.3 Å². The molecule has 42 heavy (non-hydrogen) atoms. The Kier molecular flexibility index (Phi) is 8.60. The predicted octanol–water partition coefficient (Wildman–Crippen LogP) is 5.27. The molecule has 2 aromatic carbocycles. The summed E-state index contributed by atoms with van der Waals surface area (Å²) in [6.45, 7) is -0.250. The van der Waals surface area contributed by atoms with Crippen LogP contribution in [-0.4, -0.2) is 41.4 Å². The van der Waals surface area contributed by atoms with Crippen LogP contribution in [0.4, 0.5) is 43.7 Å². The molecule has 5 N–H and O–H groups in total. The number of H-pyrrole nitrogens is 1. The van der Waals surface area contributed by atoms with E-state index in [1.54, 1.807) is 0 Å². The lowest BCUT2D eigenvalue weighted by atomic mass is 10.1. The van der Waals surface area contributed by atoms with E-state index in [9.17, 15) is 39.6 Å². The summed E-state index contributed by atoms with van der Waals surface area (Å²) >= 11 is 0. The van der Waals surface area contributed by atoms with Crippen LogP contribution in [0.3, 0.4) is 0 Å². The van der Waals surface area contributed by atoms with Gasteiger partial charge in [-0.3, -0.25) is 14.6 Å².